The minimum absolute atomic E-state index is 0.0292. The van der Waals surface area contributed by atoms with Gasteiger partial charge in [-0.1, -0.05) is 12.1 Å². The van der Waals surface area contributed by atoms with Crippen LogP contribution in [0.2, 0.25) is 0 Å². The van der Waals surface area contributed by atoms with Crippen LogP contribution in [0.25, 0.3) is 0 Å². The molecule has 0 aromatic heterocycles. The predicted octanol–water partition coefficient (Wildman–Crippen LogP) is 2.97. The summed E-state index contributed by atoms with van der Waals surface area (Å²) in [6, 6.07) is 6.55. The van der Waals surface area contributed by atoms with Crippen LogP contribution in [0.15, 0.2) is 24.3 Å². The van der Waals surface area contributed by atoms with Gasteiger partial charge in [-0.15, -0.1) is 11.6 Å². The second-order valence-corrected chi connectivity index (χ2v) is 4.70. The molecule has 0 aliphatic heterocycles. The van der Waals surface area contributed by atoms with Gasteiger partial charge < -0.3 is 14.2 Å². The summed E-state index contributed by atoms with van der Waals surface area (Å²) in [6.07, 6.45) is -5.86. The fourth-order valence-corrected chi connectivity index (χ4v) is 1.71. The standard InChI is InChI=1S/C14H16ClF3O4/c1-20-13(19)12(22-9-14(16,17)18)8-10-2-4-11(5-3-10)21-7-6-15/h2-5,12H,6-9H2,1H3. The van der Waals surface area contributed by atoms with Crippen LogP contribution in [0.4, 0.5) is 13.2 Å². The molecule has 124 valence electrons. The third-order valence-electron chi connectivity index (χ3n) is 2.60. The highest BCUT2D eigenvalue weighted by atomic mass is 35.5. The number of halogens is 4. The van der Waals surface area contributed by atoms with Gasteiger partial charge in [0.15, 0.2) is 6.10 Å². The summed E-state index contributed by atoms with van der Waals surface area (Å²) in [6.45, 7) is -1.16. The van der Waals surface area contributed by atoms with Gasteiger partial charge in [-0.3, -0.25) is 0 Å². The van der Waals surface area contributed by atoms with E-state index >= 15 is 0 Å². The van der Waals surface area contributed by atoms with E-state index in [1.54, 1.807) is 24.3 Å². The molecule has 4 nitrogen and oxygen atoms in total. The fourth-order valence-electron chi connectivity index (χ4n) is 1.63. The molecule has 0 radical (unpaired) electrons. The SMILES string of the molecule is COC(=O)C(Cc1ccc(OCCCl)cc1)OCC(F)(F)F. The highest BCUT2D eigenvalue weighted by Gasteiger charge is 2.31. The Bertz CT molecular complexity index is 462. The van der Waals surface area contributed by atoms with Gasteiger partial charge >= 0.3 is 12.1 Å². The van der Waals surface area contributed by atoms with Crippen molar-refractivity contribution in [2.75, 3.05) is 26.2 Å². The number of methoxy groups -OCH3 is 1. The largest absolute Gasteiger partial charge is 0.492 e. The summed E-state index contributed by atoms with van der Waals surface area (Å²) in [5.74, 6) is 0.0687. The van der Waals surface area contributed by atoms with Crippen LogP contribution in [0.5, 0.6) is 5.75 Å². The molecule has 0 aliphatic carbocycles. The first-order chi connectivity index (χ1) is 10.4. The lowest BCUT2D eigenvalue weighted by atomic mass is 10.1. The van der Waals surface area contributed by atoms with Crippen molar-refractivity contribution in [3.05, 3.63) is 29.8 Å². The topological polar surface area (TPSA) is 44.8 Å². The molecule has 22 heavy (non-hydrogen) atoms. The molecule has 1 unspecified atom stereocenters. The molecule has 1 atom stereocenters. The third kappa shape index (κ3) is 7.00. The van der Waals surface area contributed by atoms with Crippen LogP contribution in [-0.4, -0.2) is 44.5 Å². The molecule has 8 heteroatoms. The Labute approximate surface area is 131 Å². The maximum Gasteiger partial charge on any atom is 0.411 e. The Morgan fingerprint density at radius 1 is 1.27 bits per heavy atom. The average molecular weight is 341 g/mol. The Balaban J connectivity index is 2.66. The Hall–Kier alpha value is -1.47. The quantitative estimate of drug-likeness (QED) is 0.539. The fraction of sp³-hybridized carbons (Fsp3) is 0.500. The summed E-state index contributed by atoms with van der Waals surface area (Å²) in [7, 11) is 1.09. The zero-order valence-corrected chi connectivity index (χ0v) is 12.6. The summed E-state index contributed by atoms with van der Waals surface area (Å²) >= 11 is 5.49. The highest BCUT2D eigenvalue weighted by molar-refractivity contribution is 6.18. The van der Waals surface area contributed by atoms with Crippen molar-refractivity contribution in [1.82, 2.24) is 0 Å². The van der Waals surface area contributed by atoms with E-state index in [0.717, 1.165) is 7.11 Å². The first-order valence-corrected chi connectivity index (χ1v) is 6.93. The lowest BCUT2D eigenvalue weighted by molar-refractivity contribution is -0.193. The minimum atomic E-state index is -4.51. The monoisotopic (exact) mass is 340 g/mol. The van der Waals surface area contributed by atoms with Crippen molar-refractivity contribution in [3.8, 4) is 5.75 Å². The van der Waals surface area contributed by atoms with E-state index in [-0.39, 0.29) is 6.42 Å². The van der Waals surface area contributed by atoms with Gasteiger partial charge in [0.05, 0.1) is 13.0 Å². The molecular weight excluding hydrogens is 325 g/mol. The number of hydrogen-bond acceptors (Lipinski definition) is 4. The van der Waals surface area contributed by atoms with Crippen LogP contribution in [0.1, 0.15) is 5.56 Å². The number of esters is 1. The van der Waals surface area contributed by atoms with E-state index in [0.29, 0.717) is 23.8 Å². The van der Waals surface area contributed by atoms with E-state index in [4.69, 9.17) is 16.3 Å². The van der Waals surface area contributed by atoms with Gasteiger partial charge in [-0.25, -0.2) is 4.79 Å². The molecule has 0 saturated heterocycles. The molecule has 1 aromatic carbocycles. The van der Waals surface area contributed by atoms with Crippen LogP contribution >= 0.6 is 11.6 Å². The molecule has 0 heterocycles. The highest BCUT2D eigenvalue weighted by Crippen LogP contribution is 2.19. The van der Waals surface area contributed by atoms with Crippen molar-refractivity contribution in [3.63, 3.8) is 0 Å². The number of hydrogen-bond donors (Lipinski definition) is 0. The molecule has 0 amide bonds. The Kier molecular flexibility index (Phi) is 7.47. The molecule has 0 N–H and O–H groups in total. The zero-order chi connectivity index (χ0) is 16.6. The Morgan fingerprint density at radius 2 is 1.91 bits per heavy atom. The van der Waals surface area contributed by atoms with E-state index in [1.807, 2.05) is 0 Å². The van der Waals surface area contributed by atoms with E-state index in [1.165, 1.54) is 0 Å². The summed E-state index contributed by atoms with van der Waals surface area (Å²) in [4.78, 5) is 11.5. The summed E-state index contributed by atoms with van der Waals surface area (Å²) < 4.78 is 50.9. The minimum Gasteiger partial charge on any atom is -0.492 e. The number of alkyl halides is 4. The van der Waals surface area contributed by atoms with Gasteiger partial charge in [-0.05, 0) is 17.7 Å². The lowest BCUT2D eigenvalue weighted by Crippen LogP contribution is -2.32. The summed E-state index contributed by atoms with van der Waals surface area (Å²) in [5.41, 5.74) is 0.621. The maximum absolute atomic E-state index is 12.2. The Morgan fingerprint density at radius 3 is 2.41 bits per heavy atom. The molecule has 1 rings (SSSR count). The van der Waals surface area contributed by atoms with Gasteiger partial charge in [0.25, 0.3) is 0 Å². The molecule has 1 aromatic rings. The number of carbonyl (C=O) groups is 1. The third-order valence-corrected chi connectivity index (χ3v) is 2.76. The van der Waals surface area contributed by atoms with Gasteiger partial charge in [-0.2, -0.15) is 13.2 Å². The molecule has 0 aliphatic rings. The van der Waals surface area contributed by atoms with E-state index in [2.05, 4.69) is 9.47 Å². The van der Waals surface area contributed by atoms with E-state index < -0.39 is 24.9 Å². The van der Waals surface area contributed by atoms with Crippen LogP contribution in [0.3, 0.4) is 0 Å². The number of benzene rings is 1. The lowest BCUT2D eigenvalue weighted by Gasteiger charge is -2.17. The average Bonchev–Trinajstić information content (AvgIpc) is 2.48. The molecular formula is C14H16ClF3O4. The number of rotatable bonds is 8. The van der Waals surface area contributed by atoms with Crippen molar-refractivity contribution >= 4 is 17.6 Å². The molecule has 0 bridgehead atoms. The summed E-state index contributed by atoms with van der Waals surface area (Å²) in [5, 5.41) is 0. The normalized spacial score (nSPS) is 12.8. The zero-order valence-electron chi connectivity index (χ0n) is 11.9. The molecule has 0 fully saturated rings. The second kappa shape index (κ2) is 8.85. The number of carbonyl (C=O) groups excluding carboxylic acids is 1. The van der Waals surface area contributed by atoms with Gasteiger partial charge in [0.2, 0.25) is 0 Å². The predicted molar refractivity (Wildman–Crippen MR) is 74.2 cm³/mol. The molecule has 0 spiro atoms. The van der Waals surface area contributed by atoms with Crippen molar-refractivity contribution in [2.45, 2.75) is 18.7 Å². The van der Waals surface area contributed by atoms with Crippen molar-refractivity contribution in [2.24, 2.45) is 0 Å². The van der Waals surface area contributed by atoms with Crippen LogP contribution < -0.4 is 4.74 Å². The van der Waals surface area contributed by atoms with Crippen LogP contribution in [-0.2, 0) is 20.7 Å². The molecule has 0 saturated carbocycles. The van der Waals surface area contributed by atoms with Crippen molar-refractivity contribution < 1.29 is 32.2 Å². The van der Waals surface area contributed by atoms with Gasteiger partial charge in [0.1, 0.15) is 19.0 Å². The maximum atomic E-state index is 12.2. The number of ether oxygens (including phenoxy) is 3. The van der Waals surface area contributed by atoms with Crippen molar-refractivity contribution in [1.29, 1.82) is 0 Å². The first kappa shape index (κ1) is 18.6. The first-order valence-electron chi connectivity index (χ1n) is 6.39. The second-order valence-electron chi connectivity index (χ2n) is 4.32. The van der Waals surface area contributed by atoms with Gasteiger partial charge in [0, 0.05) is 6.42 Å². The van der Waals surface area contributed by atoms with Crippen LogP contribution in [0, 0.1) is 0 Å². The smallest absolute Gasteiger partial charge is 0.411 e. The van der Waals surface area contributed by atoms with E-state index in [9.17, 15) is 18.0 Å².